The fourth-order valence-electron chi connectivity index (χ4n) is 7.50. The highest BCUT2D eigenvalue weighted by Crippen LogP contribution is 2.42. The summed E-state index contributed by atoms with van der Waals surface area (Å²) in [6.45, 7) is 0. The molecular weight excluding hydrogens is 578 g/mol. The van der Waals surface area contributed by atoms with Gasteiger partial charge in [-0.15, -0.1) is 0 Å². The van der Waals surface area contributed by atoms with Crippen LogP contribution in [0.5, 0.6) is 0 Å². The highest BCUT2D eigenvalue weighted by atomic mass is 16.3. The number of fused-ring (bicyclic) bond motifs is 13. The van der Waals surface area contributed by atoms with Crippen LogP contribution in [0.1, 0.15) is 0 Å². The molecule has 4 heterocycles. The second-order valence-corrected chi connectivity index (χ2v) is 12.2. The van der Waals surface area contributed by atoms with Crippen LogP contribution >= 0.6 is 0 Å². The Balaban J connectivity index is 1.31. The van der Waals surface area contributed by atoms with Crippen LogP contribution in [0, 0.1) is 0 Å². The average molecular weight is 602 g/mol. The van der Waals surface area contributed by atoms with E-state index >= 15 is 0 Å². The summed E-state index contributed by atoms with van der Waals surface area (Å²) in [5.74, 6) is 0.600. The molecular formula is C42H23N3O2. The Kier molecular flexibility index (Phi) is 4.78. The van der Waals surface area contributed by atoms with Gasteiger partial charge in [-0.1, -0.05) is 97.1 Å². The largest absolute Gasteiger partial charge is 0.456 e. The van der Waals surface area contributed by atoms with Crippen molar-refractivity contribution in [3.63, 3.8) is 0 Å². The first-order chi connectivity index (χ1) is 23.3. The minimum atomic E-state index is 0.600. The third-order valence-electron chi connectivity index (χ3n) is 9.60. The molecule has 0 N–H and O–H groups in total. The zero-order chi connectivity index (χ0) is 30.6. The summed E-state index contributed by atoms with van der Waals surface area (Å²) in [5, 5.41) is 10.2. The first-order valence-corrected chi connectivity index (χ1v) is 15.8. The molecule has 47 heavy (non-hydrogen) atoms. The number of hydrogen-bond donors (Lipinski definition) is 0. The maximum Gasteiger partial charge on any atom is 0.236 e. The highest BCUT2D eigenvalue weighted by molar-refractivity contribution is 6.26. The maximum atomic E-state index is 6.54. The number of nitrogens with zero attached hydrogens (tertiary/aromatic N) is 3. The van der Waals surface area contributed by atoms with Crippen molar-refractivity contribution in [2.24, 2.45) is 0 Å². The third-order valence-corrected chi connectivity index (χ3v) is 9.60. The highest BCUT2D eigenvalue weighted by Gasteiger charge is 2.23. The fourth-order valence-corrected chi connectivity index (χ4v) is 7.50. The van der Waals surface area contributed by atoms with Gasteiger partial charge in [-0.05, 0) is 58.6 Å². The van der Waals surface area contributed by atoms with Gasteiger partial charge in [0, 0.05) is 37.9 Å². The molecule has 0 amide bonds. The summed E-state index contributed by atoms with van der Waals surface area (Å²) in [4.78, 5) is 10.7. The Morgan fingerprint density at radius 3 is 1.98 bits per heavy atom. The van der Waals surface area contributed by atoms with E-state index in [0.29, 0.717) is 11.5 Å². The summed E-state index contributed by atoms with van der Waals surface area (Å²) in [5.41, 5.74) is 7.76. The van der Waals surface area contributed by atoms with Gasteiger partial charge < -0.3 is 8.83 Å². The molecule has 4 aromatic heterocycles. The Labute approximate surface area is 266 Å². The summed E-state index contributed by atoms with van der Waals surface area (Å²) in [6.07, 6.45) is 0. The van der Waals surface area contributed by atoms with E-state index in [9.17, 15) is 0 Å². The van der Waals surface area contributed by atoms with Crippen LogP contribution in [0.15, 0.2) is 148 Å². The number of benzene rings is 7. The van der Waals surface area contributed by atoms with Crippen molar-refractivity contribution in [2.45, 2.75) is 0 Å². The average Bonchev–Trinajstić information content (AvgIpc) is 3.80. The van der Waals surface area contributed by atoms with E-state index in [1.165, 1.54) is 26.9 Å². The number of rotatable bonds is 2. The van der Waals surface area contributed by atoms with E-state index in [1.807, 2.05) is 42.5 Å². The molecule has 11 aromatic rings. The van der Waals surface area contributed by atoms with Gasteiger partial charge in [-0.3, -0.25) is 4.57 Å². The van der Waals surface area contributed by atoms with Gasteiger partial charge in [0.1, 0.15) is 28.0 Å². The van der Waals surface area contributed by atoms with E-state index in [1.54, 1.807) is 0 Å². The topological polar surface area (TPSA) is 57.0 Å². The van der Waals surface area contributed by atoms with Gasteiger partial charge in [0.15, 0.2) is 5.58 Å². The monoisotopic (exact) mass is 601 g/mol. The molecule has 0 spiro atoms. The van der Waals surface area contributed by atoms with Crippen molar-refractivity contribution in [2.75, 3.05) is 0 Å². The van der Waals surface area contributed by atoms with Gasteiger partial charge in [0.05, 0.1) is 11.0 Å². The van der Waals surface area contributed by atoms with Gasteiger partial charge in [0.2, 0.25) is 5.95 Å². The summed E-state index contributed by atoms with van der Waals surface area (Å²) < 4.78 is 15.0. The van der Waals surface area contributed by atoms with Crippen LogP contribution in [0.25, 0.3) is 105 Å². The van der Waals surface area contributed by atoms with E-state index in [0.717, 1.165) is 66.1 Å². The van der Waals surface area contributed by atoms with Crippen molar-refractivity contribution >= 4 is 87.4 Å². The first-order valence-electron chi connectivity index (χ1n) is 15.8. The zero-order valence-corrected chi connectivity index (χ0v) is 24.9. The molecule has 0 saturated carbocycles. The normalized spacial score (nSPS) is 12.3. The molecule has 0 aliphatic rings. The number of para-hydroxylation sites is 2. The minimum absolute atomic E-state index is 0.600. The van der Waals surface area contributed by atoms with Crippen LogP contribution in [-0.2, 0) is 0 Å². The van der Waals surface area contributed by atoms with Gasteiger partial charge in [0.25, 0.3) is 0 Å². The van der Waals surface area contributed by atoms with Crippen molar-refractivity contribution in [3.8, 4) is 17.2 Å². The molecule has 0 unspecified atom stereocenters. The van der Waals surface area contributed by atoms with Crippen molar-refractivity contribution in [1.82, 2.24) is 14.5 Å². The Hall–Kier alpha value is -6.46. The fraction of sp³-hybridized carbons (Fsp3) is 0. The second-order valence-electron chi connectivity index (χ2n) is 12.2. The molecule has 218 valence electrons. The van der Waals surface area contributed by atoms with Gasteiger partial charge in [-0.25, -0.2) is 9.97 Å². The summed E-state index contributed by atoms with van der Waals surface area (Å²) in [6, 6.07) is 48.5. The number of hydrogen-bond acceptors (Lipinski definition) is 4. The number of furan rings is 2. The quantitative estimate of drug-likeness (QED) is 0.198. The van der Waals surface area contributed by atoms with Crippen LogP contribution in [0.3, 0.4) is 0 Å². The molecule has 0 aliphatic carbocycles. The number of aromatic nitrogens is 3. The molecule has 0 aliphatic heterocycles. The molecule has 5 heteroatoms. The molecule has 11 rings (SSSR count). The second kappa shape index (κ2) is 9.05. The van der Waals surface area contributed by atoms with Gasteiger partial charge in [-0.2, -0.15) is 0 Å². The predicted octanol–water partition coefficient (Wildman–Crippen LogP) is 11.3. The van der Waals surface area contributed by atoms with Crippen molar-refractivity contribution < 1.29 is 8.83 Å². The van der Waals surface area contributed by atoms with E-state index in [2.05, 4.69) is 102 Å². The Bertz CT molecular complexity index is 3090. The van der Waals surface area contributed by atoms with Gasteiger partial charge >= 0.3 is 0 Å². The minimum Gasteiger partial charge on any atom is -0.456 e. The third kappa shape index (κ3) is 3.37. The molecule has 0 radical (unpaired) electrons. The first kappa shape index (κ1) is 24.8. The van der Waals surface area contributed by atoms with E-state index < -0.39 is 0 Å². The molecule has 0 saturated heterocycles. The van der Waals surface area contributed by atoms with E-state index in [-0.39, 0.29) is 0 Å². The molecule has 0 atom stereocenters. The van der Waals surface area contributed by atoms with Crippen LogP contribution in [0.2, 0.25) is 0 Å². The lowest BCUT2D eigenvalue weighted by atomic mass is 10.0. The van der Waals surface area contributed by atoms with Crippen LogP contribution < -0.4 is 0 Å². The van der Waals surface area contributed by atoms with Crippen LogP contribution in [0.4, 0.5) is 0 Å². The lowest BCUT2D eigenvalue weighted by Crippen LogP contribution is -2.03. The lowest BCUT2D eigenvalue weighted by molar-refractivity contribution is 0.666. The molecule has 0 fully saturated rings. The molecule has 0 bridgehead atoms. The van der Waals surface area contributed by atoms with Crippen LogP contribution in [-0.4, -0.2) is 14.5 Å². The molecule has 7 aromatic carbocycles. The summed E-state index contributed by atoms with van der Waals surface area (Å²) >= 11 is 0. The Morgan fingerprint density at radius 1 is 0.468 bits per heavy atom. The summed E-state index contributed by atoms with van der Waals surface area (Å²) in [7, 11) is 0. The maximum absolute atomic E-state index is 6.54. The zero-order valence-electron chi connectivity index (χ0n) is 24.9. The standard InChI is InChI=1S/C42H23N3O2/c1-3-11-27-24(9-1)18-21-33-37(27)31-20-17-25-10-2-4-12-28(25)40(31)45(33)42-43-38(41-39(44-42)30-14-6-8-16-35(30)47-41)26-19-22-36-32(23-26)29-13-5-7-15-34(29)46-36/h1-23H. The predicted molar refractivity (Wildman–Crippen MR) is 191 cm³/mol. The Morgan fingerprint density at radius 2 is 1.13 bits per heavy atom. The SMILES string of the molecule is c1ccc2c(c1)ccc1c2c2ccc3ccccc3c2n1-c1nc(-c2ccc3oc4ccccc4c3c2)c2oc3ccccc3c2n1. The molecule has 5 nitrogen and oxygen atoms in total. The smallest absolute Gasteiger partial charge is 0.236 e. The van der Waals surface area contributed by atoms with E-state index in [4.69, 9.17) is 18.8 Å². The lowest BCUT2D eigenvalue weighted by Gasteiger charge is -2.11. The van der Waals surface area contributed by atoms with Crippen molar-refractivity contribution in [1.29, 1.82) is 0 Å². The van der Waals surface area contributed by atoms with Crippen molar-refractivity contribution in [3.05, 3.63) is 140 Å².